The van der Waals surface area contributed by atoms with Crippen LogP contribution in [0.5, 0.6) is 0 Å². The highest BCUT2D eigenvalue weighted by Crippen LogP contribution is 2.24. The van der Waals surface area contributed by atoms with Crippen LogP contribution in [0.3, 0.4) is 0 Å². The van der Waals surface area contributed by atoms with E-state index >= 15 is 0 Å². The minimum absolute atomic E-state index is 0.0287. The molecule has 1 N–H and O–H groups in total. The van der Waals surface area contributed by atoms with Gasteiger partial charge < -0.3 is 14.6 Å². The molecule has 2 aromatic carbocycles. The van der Waals surface area contributed by atoms with Crippen molar-refractivity contribution in [3.63, 3.8) is 0 Å². The molecule has 6 heteroatoms. The quantitative estimate of drug-likeness (QED) is 0.541. The SMILES string of the molecule is Cn1ccnc1SCc1cccc(C(=O)N[C@@H]2CCC[C@H]2OCc2ccccc2)c1. The summed E-state index contributed by atoms with van der Waals surface area (Å²) in [4.78, 5) is 17.2. The van der Waals surface area contributed by atoms with Gasteiger partial charge in [-0.05, 0) is 42.5 Å². The summed E-state index contributed by atoms with van der Waals surface area (Å²) in [5.74, 6) is 0.747. The molecule has 4 rings (SSSR count). The van der Waals surface area contributed by atoms with Crippen LogP contribution in [-0.2, 0) is 24.1 Å². The van der Waals surface area contributed by atoms with E-state index in [1.807, 2.05) is 60.3 Å². The van der Waals surface area contributed by atoms with Gasteiger partial charge in [0.1, 0.15) is 0 Å². The molecule has 156 valence electrons. The summed E-state index contributed by atoms with van der Waals surface area (Å²) in [6.45, 7) is 0.581. The molecule has 0 radical (unpaired) electrons. The molecule has 0 aliphatic heterocycles. The Labute approximate surface area is 181 Å². The van der Waals surface area contributed by atoms with Gasteiger partial charge in [-0.15, -0.1) is 0 Å². The Bertz CT molecular complexity index is 973. The third-order valence-electron chi connectivity index (χ3n) is 5.41. The van der Waals surface area contributed by atoms with Crippen molar-refractivity contribution in [3.05, 3.63) is 83.7 Å². The number of thioether (sulfide) groups is 1. The van der Waals surface area contributed by atoms with Crippen LogP contribution in [0.15, 0.2) is 72.1 Å². The summed E-state index contributed by atoms with van der Waals surface area (Å²) < 4.78 is 8.12. The standard InChI is InChI=1S/C24H27N3O2S/c1-27-14-13-25-24(27)30-17-19-9-5-10-20(15-19)23(28)26-21-11-6-12-22(21)29-16-18-7-3-2-4-8-18/h2-5,7-10,13-15,21-22H,6,11-12,16-17H2,1H3,(H,26,28)/t21-,22-/m1/s1. The van der Waals surface area contributed by atoms with Gasteiger partial charge in [-0.3, -0.25) is 4.79 Å². The number of benzene rings is 2. The number of imidazole rings is 1. The maximum atomic E-state index is 12.9. The van der Waals surface area contributed by atoms with Crippen molar-refractivity contribution in [2.75, 3.05) is 0 Å². The zero-order chi connectivity index (χ0) is 20.8. The largest absolute Gasteiger partial charge is 0.371 e. The number of carbonyl (C=O) groups is 1. The predicted molar refractivity (Wildman–Crippen MR) is 119 cm³/mol. The van der Waals surface area contributed by atoms with Crippen LogP contribution in [0.2, 0.25) is 0 Å². The van der Waals surface area contributed by atoms with E-state index in [1.165, 1.54) is 0 Å². The zero-order valence-electron chi connectivity index (χ0n) is 17.2. The molecule has 2 atom stereocenters. The van der Waals surface area contributed by atoms with Crippen molar-refractivity contribution in [3.8, 4) is 0 Å². The lowest BCUT2D eigenvalue weighted by Crippen LogP contribution is -2.41. The van der Waals surface area contributed by atoms with Gasteiger partial charge in [-0.2, -0.15) is 0 Å². The Kier molecular flexibility index (Phi) is 6.87. The third kappa shape index (κ3) is 5.32. The number of ether oxygens (including phenoxy) is 1. The highest BCUT2D eigenvalue weighted by atomic mass is 32.2. The molecule has 3 aromatic rings. The lowest BCUT2D eigenvalue weighted by molar-refractivity contribution is 0.0272. The third-order valence-corrected chi connectivity index (χ3v) is 6.54. The molecule has 30 heavy (non-hydrogen) atoms. The summed E-state index contributed by atoms with van der Waals surface area (Å²) in [7, 11) is 1.98. The maximum absolute atomic E-state index is 12.9. The van der Waals surface area contributed by atoms with E-state index in [2.05, 4.69) is 22.4 Å². The van der Waals surface area contributed by atoms with Crippen LogP contribution < -0.4 is 5.32 Å². The molecule has 1 aliphatic carbocycles. The first-order chi connectivity index (χ1) is 14.7. The van der Waals surface area contributed by atoms with Gasteiger partial charge >= 0.3 is 0 Å². The van der Waals surface area contributed by atoms with Gasteiger partial charge in [0.25, 0.3) is 5.91 Å². The van der Waals surface area contributed by atoms with Crippen molar-refractivity contribution >= 4 is 17.7 Å². The van der Waals surface area contributed by atoms with Crippen molar-refractivity contribution in [1.82, 2.24) is 14.9 Å². The highest BCUT2D eigenvalue weighted by Gasteiger charge is 2.29. The van der Waals surface area contributed by atoms with Crippen molar-refractivity contribution in [2.24, 2.45) is 7.05 Å². The van der Waals surface area contributed by atoms with E-state index in [0.29, 0.717) is 12.2 Å². The molecule has 5 nitrogen and oxygen atoms in total. The van der Waals surface area contributed by atoms with Crippen molar-refractivity contribution in [2.45, 2.75) is 48.9 Å². The molecular weight excluding hydrogens is 394 g/mol. The van der Waals surface area contributed by atoms with E-state index in [1.54, 1.807) is 18.0 Å². The monoisotopic (exact) mass is 421 g/mol. The molecule has 0 unspecified atom stereocenters. The average Bonchev–Trinajstić information content (AvgIpc) is 3.40. The number of nitrogens with zero attached hydrogens (tertiary/aromatic N) is 2. The molecule has 0 saturated heterocycles. The Morgan fingerprint density at radius 2 is 2.00 bits per heavy atom. The van der Waals surface area contributed by atoms with Crippen LogP contribution in [0.25, 0.3) is 0 Å². The molecule has 0 bridgehead atoms. The van der Waals surface area contributed by atoms with Crippen LogP contribution in [0.4, 0.5) is 0 Å². The number of hydrogen-bond donors (Lipinski definition) is 1. The summed E-state index contributed by atoms with van der Waals surface area (Å²) in [6.07, 6.45) is 6.81. The number of hydrogen-bond acceptors (Lipinski definition) is 4. The Morgan fingerprint density at radius 3 is 2.80 bits per heavy atom. The second kappa shape index (κ2) is 9.96. The molecule has 1 aromatic heterocycles. The Morgan fingerprint density at radius 1 is 1.17 bits per heavy atom. The average molecular weight is 422 g/mol. The lowest BCUT2D eigenvalue weighted by Gasteiger charge is -2.22. The maximum Gasteiger partial charge on any atom is 0.251 e. The fraction of sp³-hybridized carbons (Fsp3) is 0.333. The second-order valence-electron chi connectivity index (χ2n) is 7.66. The van der Waals surface area contributed by atoms with Gasteiger partial charge in [0.2, 0.25) is 0 Å². The number of aromatic nitrogens is 2. The van der Waals surface area contributed by atoms with Crippen LogP contribution in [0, 0.1) is 0 Å². The lowest BCUT2D eigenvalue weighted by atomic mass is 10.1. The number of rotatable bonds is 8. The van der Waals surface area contributed by atoms with E-state index in [4.69, 9.17) is 4.74 Å². The Hall–Kier alpha value is -2.57. The van der Waals surface area contributed by atoms with Crippen LogP contribution in [-0.4, -0.2) is 27.6 Å². The molecule has 1 saturated carbocycles. The smallest absolute Gasteiger partial charge is 0.251 e. The molecule has 1 amide bonds. The minimum Gasteiger partial charge on any atom is -0.371 e. The second-order valence-corrected chi connectivity index (χ2v) is 8.60. The van der Waals surface area contributed by atoms with Crippen LogP contribution in [0.1, 0.15) is 40.7 Å². The van der Waals surface area contributed by atoms with Gasteiger partial charge in [0, 0.05) is 30.8 Å². The van der Waals surface area contributed by atoms with E-state index in [0.717, 1.165) is 41.3 Å². The Balaban J connectivity index is 1.33. The number of amides is 1. The van der Waals surface area contributed by atoms with Crippen molar-refractivity contribution < 1.29 is 9.53 Å². The highest BCUT2D eigenvalue weighted by molar-refractivity contribution is 7.98. The van der Waals surface area contributed by atoms with Gasteiger partial charge in [-0.25, -0.2) is 4.98 Å². The zero-order valence-corrected chi connectivity index (χ0v) is 18.0. The van der Waals surface area contributed by atoms with Gasteiger partial charge in [-0.1, -0.05) is 54.2 Å². The topological polar surface area (TPSA) is 56.2 Å². The summed E-state index contributed by atoms with van der Waals surface area (Å²) in [6, 6.07) is 18.1. The molecule has 1 fully saturated rings. The first kappa shape index (κ1) is 20.7. The van der Waals surface area contributed by atoms with Gasteiger partial charge in [0.15, 0.2) is 5.16 Å². The number of nitrogens with one attached hydrogen (secondary N) is 1. The van der Waals surface area contributed by atoms with E-state index < -0.39 is 0 Å². The number of aryl methyl sites for hydroxylation is 1. The van der Waals surface area contributed by atoms with Crippen LogP contribution >= 0.6 is 11.8 Å². The first-order valence-electron chi connectivity index (χ1n) is 10.3. The minimum atomic E-state index is -0.0287. The summed E-state index contributed by atoms with van der Waals surface area (Å²) in [5, 5.41) is 4.17. The van der Waals surface area contributed by atoms with Gasteiger partial charge in [0.05, 0.1) is 18.8 Å². The molecule has 0 spiro atoms. The molecular formula is C24H27N3O2S. The summed E-state index contributed by atoms with van der Waals surface area (Å²) >= 11 is 1.67. The fourth-order valence-corrected chi connectivity index (χ4v) is 4.64. The normalized spacial score (nSPS) is 18.4. The molecule has 1 aliphatic rings. The number of carbonyl (C=O) groups excluding carboxylic acids is 1. The first-order valence-corrected chi connectivity index (χ1v) is 11.3. The van der Waals surface area contributed by atoms with Crippen molar-refractivity contribution in [1.29, 1.82) is 0 Å². The predicted octanol–water partition coefficient (Wildman–Crippen LogP) is 4.58. The van der Waals surface area contributed by atoms with E-state index in [-0.39, 0.29) is 18.1 Å². The molecule has 1 heterocycles. The summed E-state index contributed by atoms with van der Waals surface area (Å²) in [5.41, 5.74) is 2.97. The van der Waals surface area contributed by atoms with E-state index in [9.17, 15) is 4.79 Å². The fourth-order valence-electron chi connectivity index (χ4n) is 3.76.